The van der Waals surface area contributed by atoms with Gasteiger partial charge < -0.3 is 14.6 Å². The van der Waals surface area contributed by atoms with Gasteiger partial charge >= 0.3 is 11.9 Å². The van der Waals surface area contributed by atoms with Crippen molar-refractivity contribution < 1.29 is 24.2 Å². The van der Waals surface area contributed by atoms with Crippen molar-refractivity contribution in [2.24, 2.45) is 0 Å². The summed E-state index contributed by atoms with van der Waals surface area (Å²) in [6, 6.07) is 0. The number of aliphatic hydroxyl groups excluding tert-OH is 1. The van der Waals surface area contributed by atoms with Crippen LogP contribution in [0.25, 0.3) is 0 Å². The van der Waals surface area contributed by atoms with Gasteiger partial charge in [0.1, 0.15) is 6.61 Å². The second-order valence-electron chi connectivity index (χ2n) is 12.6. The molecule has 0 saturated carbocycles. The molecule has 0 aliphatic rings. The third-order valence-electron chi connectivity index (χ3n) is 8.03. The minimum Gasteiger partial charge on any atom is -0.462 e. The Morgan fingerprint density at radius 3 is 1.31 bits per heavy atom. The van der Waals surface area contributed by atoms with Crippen LogP contribution in [0.15, 0.2) is 72.9 Å². The van der Waals surface area contributed by atoms with Crippen molar-refractivity contribution in [2.75, 3.05) is 13.2 Å². The van der Waals surface area contributed by atoms with E-state index in [2.05, 4.69) is 74.6 Å². The monoisotopic (exact) mass is 669 g/mol. The first-order valence-electron chi connectivity index (χ1n) is 19.5. The molecule has 48 heavy (non-hydrogen) atoms. The predicted molar refractivity (Wildman–Crippen MR) is 205 cm³/mol. The molecule has 0 aliphatic carbocycles. The van der Waals surface area contributed by atoms with Crippen LogP contribution in [0, 0.1) is 0 Å². The van der Waals surface area contributed by atoms with Crippen LogP contribution in [0.1, 0.15) is 168 Å². The molecule has 0 spiro atoms. The first kappa shape index (κ1) is 45.3. The molecular weight excluding hydrogens is 596 g/mol. The van der Waals surface area contributed by atoms with Crippen molar-refractivity contribution in [1.82, 2.24) is 0 Å². The van der Waals surface area contributed by atoms with Crippen molar-refractivity contribution in [2.45, 2.75) is 174 Å². The molecule has 0 rings (SSSR count). The summed E-state index contributed by atoms with van der Waals surface area (Å²) < 4.78 is 10.5. The normalized spacial score (nSPS) is 13.0. The fraction of sp³-hybridized carbons (Fsp3) is 0.674. The number of allylic oxidation sites excluding steroid dienone is 12. The predicted octanol–water partition coefficient (Wildman–Crippen LogP) is 12.2. The van der Waals surface area contributed by atoms with E-state index in [1.165, 1.54) is 77.0 Å². The lowest BCUT2D eigenvalue weighted by Gasteiger charge is -2.15. The van der Waals surface area contributed by atoms with Crippen molar-refractivity contribution in [3.8, 4) is 0 Å². The lowest BCUT2D eigenvalue weighted by atomic mass is 10.0. The average Bonchev–Trinajstić information content (AvgIpc) is 3.09. The Hall–Kier alpha value is -2.66. The van der Waals surface area contributed by atoms with Crippen LogP contribution in [0.2, 0.25) is 0 Å². The third kappa shape index (κ3) is 36.2. The van der Waals surface area contributed by atoms with E-state index in [0.717, 1.165) is 57.8 Å². The smallest absolute Gasteiger partial charge is 0.306 e. The van der Waals surface area contributed by atoms with Crippen molar-refractivity contribution in [3.63, 3.8) is 0 Å². The lowest BCUT2D eigenvalue weighted by molar-refractivity contribution is -0.161. The molecule has 0 bridgehead atoms. The van der Waals surface area contributed by atoms with Crippen LogP contribution < -0.4 is 0 Å². The maximum atomic E-state index is 12.2. The van der Waals surface area contributed by atoms with Gasteiger partial charge in [-0.05, 0) is 51.4 Å². The molecule has 1 N–H and O–H groups in total. The molecule has 274 valence electrons. The van der Waals surface area contributed by atoms with Crippen molar-refractivity contribution in [3.05, 3.63) is 72.9 Å². The summed E-state index contributed by atoms with van der Waals surface area (Å²) in [6.45, 7) is 3.95. The highest BCUT2D eigenvalue weighted by Gasteiger charge is 2.15. The van der Waals surface area contributed by atoms with Crippen LogP contribution in [0.3, 0.4) is 0 Å². The Morgan fingerprint density at radius 1 is 0.500 bits per heavy atom. The van der Waals surface area contributed by atoms with Crippen LogP contribution in [0.5, 0.6) is 0 Å². The van der Waals surface area contributed by atoms with E-state index in [1.54, 1.807) is 0 Å². The van der Waals surface area contributed by atoms with Gasteiger partial charge in [0.15, 0.2) is 6.10 Å². The fourth-order valence-corrected chi connectivity index (χ4v) is 5.11. The van der Waals surface area contributed by atoms with E-state index in [-0.39, 0.29) is 31.6 Å². The SMILES string of the molecule is CC/C=C\C/C=C\C/C=C\C/C=C\C/C=C\C/C=C\CCC(=O)OC[C@H](CO)OC(=O)CCCCCCCCCCCCCCCCC. The van der Waals surface area contributed by atoms with Crippen LogP contribution in [-0.4, -0.2) is 36.4 Å². The van der Waals surface area contributed by atoms with Gasteiger partial charge in [0.05, 0.1) is 6.61 Å². The first-order chi connectivity index (χ1) is 23.6. The highest BCUT2D eigenvalue weighted by atomic mass is 16.6. The van der Waals surface area contributed by atoms with Crippen molar-refractivity contribution >= 4 is 11.9 Å². The maximum absolute atomic E-state index is 12.2. The van der Waals surface area contributed by atoms with Gasteiger partial charge in [-0.25, -0.2) is 0 Å². The fourth-order valence-electron chi connectivity index (χ4n) is 5.11. The number of carbonyl (C=O) groups excluding carboxylic acids is 2. The van der Waals surface area contributed by atoms with Gasteiger partial charge in [0, 0.05) is 12.8 Å². The molecule has 0 aliphatic heterocycles. The molecule has 0 unspecified atom stereocenters. The maximum Gasteiger partial charge on any atom is 0.306 e. The zero-order chi connectivity index (χ0) is 35.0. The number of hydrogen-bond acceptors (Lipinski definition) is 5. The second kappa shape index (κ2) is 38.8. The molecule has 0 fully saturated rings. The summed E-state index contributed by atoms with van der Waals surface area (Å²) in [6.07, 6.45) is 51.1. The van der Waals surface area contributed by atoms with E-state index in [9.17, 15) is 14.7 Å². The van der Waals surface area contributed by atoms with Gasteiger partial charge in [0.2, 0.25) is 0 Å². The lowest BCUT2D eigenvalue weighted by Crippen LogP contribution is -2.28. The largest absolute Gasteiger partial charge is 0.462 e. The summed E-state index contributed by atoms with van der Waals surface area (Å²) in [5.41, 5.74) is 0. The van der Waals surface area contributed by atoms with Crippen molar-refractivity contribution in [1.29, 1.82) is 0 Å². The van der Waals surface area contributed by atoms with E-state index in [1.807, 2.05) is 12.2 Å². The average molecular weight is 669 g/mol. The molecule has 0 radical (unpaired) electrons. The minimum absolute atomic E-state index is 0.107. The molecule has 5 heteroatoms. The molecule has 0 aromatic carbocycles. The number of carbonyl (C=O) groups is 2. The van der Waals surface area contributed by atoms with Gasteiger partial charge in [-0.2, -0.15) is 0 Å². The number of unbranched alkanes of at least 4 members (excludes halogenated alkanes) is 14. The Kier molecular flexibility index (Phi) is 36.6. The summed E-state index contributed by atoms with van der Waals surface area (Å²) in [5, 5.41) is 9.54. The van der Waals surface area contributed by atoms with Gasteiger partial charge in [0.25, 0.3) is 0 Å². The highest BCUT2D eigenvalue weighted by molar-refractivity contribution is 5.70. The Bertz CT molecular complexity index is 895. The Balaban J connectivity index is 3.70. The van der Waals surface area contributed by atoms with Gasteiger partial charge in [-0.1, -0.05) is 177 Å². The molecule has 0 amide bonds. The third-order valence-corrected chi connectivity index (χ3v) is 8.03. The molecule has 0 heterocycles. The van der Waals surface area contributed by atoms with E-state index >= 15 is 0 Å². The second-order valence-corrected chi connectivity index (χ2v) is 12.6. The van der Waals surface area contributed by atoms with Crippen LogP contribution >= 0.6 is 0 Å². The summed E-state index contributed by atoms with van der Waals surface area (Å²) >= 11 is 0. The molecule has 0 aromatic heterocycles. The molecule has 0 saturated heterocycles. The minimum atomic E-state index is -0.802. The van der Waals surface area contributed by atoms with Crippen LogP contribution in [-0.2, 0) is 19.1 Å². The van der Waals surface area contributed by atoms with E-state index in [4.69, 9.17) is 9.47 Å². The zero-order valence-corrected chi connectivity index (χ0v) is 31.0. The number of rotatable bonds is 34. The van der Waals surface area contributed by atoms with Gasteiger partial charge in [-0.3, -0.25) is 9.59 Å². The molecule has 1 atom stereocenters. The summed E-state index contributed by atoms with van der Waals surface area (Å²) in [7, 11) is 0. The topological polar surface area (TPSA) is 72.8 Å². The Morgan fingerprint density at radius 2 is 0.896 bits per heavy atom. The number of esters is 2. The quantitative estimate of drug-likeness (QED) is 0.0420. The molecule has 5 nitrogen and oxygen atoms in total. The first-order valence-corrected chi connectivity index (χ1v) is 19.5. The number of ether oxygens (including phenoxy) is 2. The standard InChI is InChI=1S/C43H72O5/c1-3-5-7-9-11-13-15-17-19-20-21-22-24-25-27-29-31-33-35-37-42(45)47-40-41(39-44)48-43(46)38-36-34-32-30-28-26-23-18-16-14-12-10-8-6-4-2/h5,7,11,13,17,19,21-22,25,27,31,33,41,44H,3-4,6,8-10,12,14-16,18,20,23-24,26,28-30,32,34-40H2,1-2H3/b7-5-,13-11-,19-17-,22-21-,27-25-,33-31-/t41-/m0/s1. The summed E-state index contributed by atoms with van der Waals surface area (Å²) in [5.74, 6) is -0.691. The molecule has 0 aromatic rings. The highest BCUT2D eigenvalue weighted by Crippen LogP contribution is 2.14. The van der Waals surface area contributed by atoms with Crippen LogP contribution in [0.4, 0.5) is 0 Å². The van der Waals surface area contributed by atoms with E-state index < -0.39 is 6.10 Å². The Labute approximate surface area is 295 Å². The van der Waals surface area contributed by atoms with E-state index in [0.29, 0.717) is 12.8 Å². The summed E-state index contributed by atoms with van der Waals surface area (Å²) in [4.78, 5) is 24.2. The number of hydrogen-bond donors (Lipinski definition) is 1. The van der Waals surface area contributed by atoms with Gasteiger partial charge in [-0.15, -0.1) is 0 Å². The number of aliphatic hydroxyl groups is 1. The molecular formula is C43H72O5. The zero-order valence-electron chi connectivity index (χ0n) is 31.0.